The highest BCUT2D eigenvalue weighted by Crippen LogP contribution is 2.60. The van der Waals surface area contributed by atoms with Crippen LogP contribution < -0.4 is 10.9 Å². The highest BCUT2D eigenvalue weighted by molar-refractivity contribution is 5.84. The predicted octanol–water partition coefficient (Wildman–Crippen LogP) is 3.25. The lowest BCUT2D eigenvalue weighted by Gasteiger charge is -2.55. The fourth-order valence-electron chi connectivity index (χ4n) is 5.32. The van der Waals surface area contributed by atoms with Gasteiger partial charge in [0.1, 0.15) is 0 Å². The molecule has 5 rings (SSSR count). The number of benzene rings is 1. The molecule has 4 aliphatic carbocycles. The average molecular weight is 315 g/mol. The van der Waals surface area contributed by atoms with Gasteiger partial charge in [-0.15, -0.1) is 0 Å². The van der Waals surface area contributed by atoms with Crippen LogP contribution in [-0.2, 0) is 4.79 Å². The van der Waals surface area contributed by atoms with Gasteiger partial charge in [-0.3, -0.25) is 25.8 Å². The van der Waals surface area contributed by atoms with E-state index in [1.807, 2.05) is 0 Å². The van der Waals surface area contributed by atoms with Crippen LogP contribution in [0, 0.1) is 33.3 Å². The first kappa shape index (κ1) is 14.5. The van der Waals surface area contributed by atoms with Gasteiger partial charge >= 0.3 is 0 Å². The maximum absolute atomic E-state index is 12.8. The normalized spacial score (nSPS) is 34.2. The molecule has 6 nitrogen and oxygen atoms in total. The minimum atomic E-state index is -0.433. The summed E-state index contributed by atoms with van der Waals surface area (Å²) in [6, 6.07) is 6.08. The second-order valence-electron chi connectivity index (χ2n) is 7.58. The van der Waals surface area contributed by atoms with Crippen molar-refractivity contribution in [3.63, 3.8) is 0 Å². The van der Waals surface area contributed by atoms with Crippen molar-refractivity contribution >= 4 is 17.3 Å². The summed E-state index contributed by atoms with van der Waals surface area (Å²) in [6.45, 7) is 0. The molecule has 4 fully saturated rings. The molecule has 1 aromatic carbocycles. The van der Waals surface area contributed by atoms with E-state index in [1.54, 1.807) is 12.1 Å². The molecule has 4 aliphatic rings. The van der Waals surface area contributed by atoms with Gasteiger partial charge in [-0.2, -0.15) is 0 Å². The number of nitro benzene ring substituents is 1. The lowest BCUT2D eigenvalue weighted by Crippen LogP contribution is -2.54. The van der Waals surface area contributed by atoms with Crippen LogP contribution in [0.4, 0.5) is 11.4 Å². The topological polar surface area (TPSA) is 84.3 Å². The summed E-state index contributed by atoms with van der Waals surface area (Å²) in [6.07, 6.45) is 6.99. The van der Waals surface area contributed by atoms with Crippen molar-refractivity contribution in [3.05, 3.63) is 34.4 Å². The molecular weight excluding hydrogens is 294 g/mol. The van der Waals surface area contributed by atoms with E-state index in [4.69, 9.17) is 0 Å². The van der Waals surface area contributed by atoms with E-state index in [0.29, 0.717) is 5.69 Å². The molecular formula is C17H21N3O3. The summed E-state index contributed by atoms with van der Waals surface area (Å²) in [5.74, 6) is 2.28. The van der Waals surface area contributed by atoms with E-state index in [-0.39, 0.29) is 17.0 Å². The SMILES string of the molecule is O=C(NNc1ccc([N+](=O)[O-])cc1)C12CC3CC(CC(C3)C1)C2. The second-order valence-corrected chi connectivity index (χ2v) is 7.58. The summed E-state index contributed by atoms with van der Waals surface area (Å²) < 4.78 is 0. The molecule has 6 heteroatoms. The summed E-state index contributed by atoms with van der Waals surface area (Å²) >= 11 is 0. The van der Waals surface area contributed by atoms with Crippen LogP contribution in [0.2, 0.25) is 0 Å². The molecule has 4 saturated carbocycles. The van der Waals surface area contributed by atoms with Crippen molar-refractivity contribution in [2.75, 3.05) is 5.43 Å². The van der Waals surface area contributed by atoms with E-state index in [2.05, 4.69) is 10.9 Å². The van der Waals surface area contributed by atoms with Crippen molar-refractivity contribution in [1.82, 2.24) is 5.43 Å². The first-order valence-corrected chi connectivity index (χ1v) is 8.35. The smallest absolute Gasteiger partial charge is 0.269 e. The largest absolute Gasteiger partial charge is 0.299 e. The van der Waals surface area contributed by atoms with Gasteiger partial charge in [-0.25, -0.2) is 0 Å². The first-order chi connectivity index (χ1) is 11.0. The fourth-order valence-corrected chi connectivity index (χ4v) is 5.32. The number of nitrogens with one attached hydrogen (secondary N) is 2. The monoisotopic (exact) mass is 315 g/mol. The van der Waals surface area contributed by atoms with Gasteiger partial charge < -0.3 is 0 Å². The number of hydrazine groups is 1. The molecule has 4 bridgehead atoms. The average Bonchev–Trinajstić information content (AvgIpc) is 2.51. The number of non-ortho nitro benzene ring substituents is 1. The lowest BCUT2D eigenvalue weighted by molar-refractivity contribution is -0.384. The number of nitro groups is 1. The van der Waals surface area contributed by atoms with E-state index < -0.39 is 4.92 Å². The standard InChI is InChI=1S/C17H21N3O3/c21-16(19-18-14-1-3-15(4-2-14)20(22)23)17-8-11-5-12(9-17)7-13(6-11)10-17/h1-4,11-13,18H,5-10H2,(H,19,21). The fraction of sp³-hybridized carbons (Fsp3) is 0.588. The number of carbonyl (C=O) groups is 1. The van der Waals surface area contributed by atoms with E-state index in [9.17, 15) is 14.9 Å². The Kier molecular flexibility index (Phi) is 3.28. The molecule has 1 amide bonds. The van der Waals surface area contributed by atoms with Crippen LogP contribution in [0.5, 0.6) is 0 Å². The minimum Gasteiger partial charge on any atom is -0.299 e. The van der Waals surface area contributed by atoms with E-state index >= 15 is 0 Å². The second kappa shape index (κ2) is 5.22. The zero-order valence-electron chi connectivity index (χ0n) is 13.0. The van der Waals surface area contributed by atoms with E-state index in [0.717, 1.165) is 37.0 Å². The number of nitrogens with zero attached hydrogens (tertiary/aromatic N) is 1. The van der Waals surface area contributed by atoms with Gasteiger partial charge in [-0.05, 0) is 68.4 Å². The van der Waals surface area contributed by atoms with Crippen molar-refractivity contribution in [2.45, 2.75) is 38.5 Å². The van der Waals surface area contributed by atoms with Crippen LogP contribution in [0.3, 0.4) is 0 Å². The Morgan fingerprint density at radius 1 is 1.04 bits per heavy atom. The molecule has 0 aromatic heterocycles. The van der Waals surface area contributed by atoms with Crippen LogP contribution in [-0.4, -0.2) is 10.8 Å². The highest BCUT2D eigenvalue weighted by Gasteiger charge is 2.54. The molecule has 1 aromatic rings. The van der Waals surface area contributed by atoms with Gasteiger partial charge in [0.15, 0.2) is 0 Å². The van der Waals surface area contributed by atoms with Crippen molar-refractivity contribution < 1.29 is 9.72 Å². The van der Waals surface area contributed by atoms with Crippen LogP contribution in [0.15, 0.2) is 24.3 Å². The summed E-state index contributed by atoms with van der Waals surface area (Å²) in [5, 5.41) is 10.7. The molecule has 23 heavy (non-hydrogen) atoms. The Morgan fingerprint density at radius 3 is 2.04 bits per heavy atom. The third-order valence-corrected chi connectivity index (χ3v) is 5.92. The zero-order valence-corrected chi connectivity index (χ0v) is 13.0. The Hall–Kier alpha value is -2.11. The first-order valence-electron chi connectivity index (χ1n) is 8.35. The number of hydrogen-bond acceptors (Lipinski definition) is 4. The molecule has 2 N–H and O–H groups in total. The minimum absolute atomic E-state index is 0.0444. The number of hydrogen-bond donors (Lipinski definition) is 2. The Morgan fingerprint density at radius 2 is 1.57 bits per heavy atom. The Labute approximate surface area is 134 Å². The molecule has 122 valence electrons. The number of carbonyl (C=O) groups excluding carboxylic acids is 1. The number of rotatable bonds is 4. The van der Waals surface area contributed by atoms with E-state index in [1.165, 1.54) is 31.4 Å². The summed E-state index contributed by atoms with van der Waals surface area (Å²) in [4.78, 5) is 23.0. The molecule has 0 spiro atoms. The highest BCUT2D eigenvalue weighted by atomic mass is 16.6. The van der Waals surface area contributed by atoms with Crippen molar-refractivity contribution in [2.24, 2.45) is 23.2 Å². The van der Waals surface area contributed by atoms with Crippen LogP contribution in [0.25, 0.3) is 0 Å². The summed E-state index contributed by atoms with van der Waals surface area (Å²) in [7, 11) is 0. The van der Waals surface area contributed by atoms with Gasteiger partial charge in [0, 0.05) is 12.1 Å². The Bertz CT molecular complexity index is 606. The third-order valence-electron chi connectivity index (χ3n) is 5.92. The number of anilines is 1. The zero-order chi connectivity index (χ0) is 16.0. The van der Waals surface area contributed by atoms with Crippen LogP contribution >= 0.6 is 0 Å². The third kappa shape index (κ3) is 2.56. The quantitative estimate of drug-likeness (QED) is 0.660. The molecule has 0 aliphatic heterocycles. The van der Waals surface area contributed by atoms with Gasteiger partial charge in [0.2, 0.25) is 5.91 Å². The van der Waals surface area contributed by atoms with Gasteiger partial charge in [0.05, 0.1) is 16.0 Å². The maximum Gasteiger partial charge on any atom is 0.269 e. The molecule has 0 radical (unpaired) electrons. The molecule has 0 atom stereocenters. The van der Waals surface area contributed by atoms with Gasteiger partial charge in [0.25, 0.3) is 5.69 Å². The van der Waals surface area contributed by atoms with Gasteiger partial charge in [-0.1, -0.05) is 0 Å². The maximum atomic E-state index is 12.8. The van der Waals surface area contributed by atoms with Crippen molar-refractivity contribution in [3.8, 4) is 0 Å². The lowest BCUT2D eigenvalue weighted by atomic mass is 9.49. The predicted molar refractivity (Wildman–Crippen MR) is 85.5 cm³/mol. The van der Waals surface area contributed by atoms with Crippen LogP contribution in [0.1, 0.15) is 38.5 Å². The molecule has 0 saturated heterocycles. The Balaban J connectivity index is 1.41. The summed E-state index contributed by atoms with van der Waals surface area (Å²) in [5.41, 5.74) is 6.27. The molecule has 0 unspecified atom stereocenters. The number of amides is 1. The molecule has 0 heterocycles. The van der Waals surface area contributed by atoms with Crippen molar-refractivity contribution in [1.29, 1.82) is 0 Å².